The minimum Gasteiger partial charge on any atom is -0.322 e. The number of para-hydroxylation sites is 1. The molecule has 6 heteroatoms. The summed E-state index contributed by atoms with van der Waals surface area (Å²) in [6, 6.07) is 14.9. The topological polar surface area (TPSA) is 79.4 Å². The number of aromatic nitrogens is 1. The van der Waals surface area contributed by atoms with Crippen molar-refractivity contribution in [2.75, 3.05) is 5.32 Å². The average Bonchev–Trinajstić information content (AvgIpc) is 2.93. The van der Waals surface area contributed by atoms with Crippen molar-refractivity contribution in [1.82, 2.24) is 9.88 Å². The smallest absolute Gasteiger partial charge is 0.262 e. The van der Waals surface area contributed by atoms with Gasteiger partial charge >= 0.3 is 0 Å². The van der Waals surface area contributed by atoms with Gasteiger partial charge in [0.25, 0.3) is 11.8 Å². The second kappa shape index (κ2) is 6.81. The van der Waals surface area contributed by atoms with Crippen LogP contribution in [0.4, 0.5) is 5.69 Å². The Bertz CT molecular complexity index is 1110. The van der Waals surface area contributed by atoms with E-state index < -0.39 is 29.2 Å². The molecule has 0 spiro atoms. The average molecular weight is 387 g/mol. The summed E-state index contributed by atoms with van der Waals surface area (Å²) >= 11 is 0. The van der Waals surface area contributed by atoms with Crippen LogP contribution in [0.25, 0.3) is 10.9 Å². The van der Waals surface area contributed by atoms with Crippen LogP contribution in [0, 0.1) is 5.41 Å². The number of imide groups is 1. The van der Waals surface area contributed by atoms with Gasteiger partial charge in [-0.05, 0) is 29.7 Å². The highest BCUT2D eigenvalue weighted by Crippen LogP contribution is 2.33. The molecule has 1 aliphatic rings. The van der Waals surface area contributed by atoms with Crippen LogP contribution in [0.15, 0.2) is 60.8 Å². The molecule has 146 valence electrons. The lowest BCUT2D eigenvalue weighted by Crippen LogP contribution is -2.54. The number of carbonyl (C=O) groups excluding carboxylic acids is 3. The van der Waals surface area contributed by atoms with Gasteiger partial charge in [-0.2, -0.15) is 0 Å². The predicted octanol–water partition coefficient (Wildman–Crippen LogP) is 3.88. The lowest BCUT2D eigenvalue weighted by molar-refractivity contribution is -0.123. The molecule has 1 atom stereocenters. The zero-order valence-corrected chi connectivity index (χ0v) is 16.5. The summed E-state index contributed by atoms with van der Waals surface area (Å²) in [5, 5.41) is 3.78. The Labute approximate surface area is 168 Å². The van der Waals surface area contributed by atoms with Crippen LogP contribution in [0.2, 0.25) is 0 Å². The molecular formula is C23H21N3O3. The monoisotopic (exact) mass is 387 g/mol. The maximum atomic E-state index is 13.3. The van der Waals surface area contributed by atoms with Crippen molar-refractivity contribution in [3.63, 3.8) is 0 Å². The molecule has 0 saturated carbocycles. The highest BCUT2D eigenvalue weighted by Gasteiger charge is 2.47. The molecule has 0 fully saturated rings. The highest BCUT2D eigenvalue weighted by molar-refractivity contribution is 6.23. The first-order valence-electron chi connectivity index (χ1n) is 9.40. The second-order valence-electron chi connectivity index (χ2n) is 8.16. The number of hydrogen-bond donors (Lipinski definition) is 1. The molecule has 1 N–H and O–H groups in total. The van der Waals surface area contributed by atoms with Crippen molar-refractivity contribution in [2.45, 2.75) is 26.8 Å². The van der Waals surface area contributed by atoms with Crippen LogP contribution >= 0.6 is 0 Å². The first kappa shape index (κ1) is 18.8. The van der Waals surface area contributed by atoms with E-state index in [9.17, 15) is 14.4 Å². The SMILES string of the molecule is CC(C)(C)[C@@H](C(=O)Nc1cccc2cccnc12)N1C(=O)c2ccccc2C1=O. The molecule has 3 amide bonds. The van der Waals surface area contributed by atoms with E-state index in [2.05, 4.69) is 10.3 Å². The van der Waals surface area contributed by atoms with Gasteiger partial charge in [0.1, 0.15) is 6.04 Å². The van der Waals surface area contributed by atoms with Gasteiger partial charge < -0.3 is 5.32 Å². The fourth-order valence-electron chi connectivity index (χ4n) is 3.75. The fourth-order valence-corrected chi connectivity index (χ4v) is 3.75. The number of carbonyl (C=O) groups is 3. The minimum absolute atomic E-state index is 0.325. The number of nitrogens with one attached hydrogen (secondary N) is 1. The molecule has 0 unspecified atom stereocenters. The van der Waals surface area contributed by atoms with Crippen LogP contribution in [0.1, 0.15) is 41.5 Å². The van der Waals surface area contributed by atoms with Crippen LogP contribution in [-0.2, 0) is 4.79 Å². The van der Waals surface area contributed by atoms with E-state index in [1.165, 1.54) is 0 Å². The molecule has 29 heavy (non-hydrogen) atoms. The van der Waals surface area contributed by atoms with Crippen LogP contribution < -0.4 is 5.32 Å². The molecule has 1 aromatic heterocycles. The van der Waals surface area contributed by atoms with Gasteiger partial charge in [-0.15, -0.1) is 0 Å². The maximum Gasteiger partial charge on any atom is 0.262 e. The Morgan fingerprint density at radius 2 is 1.55 bits per heavy atom. The van der Waals surface area contributed by atoms with E-state index in [0.717, 1.165) is 10.3 Å². The largest absolute Gasteiger partial charge is 0.322 e. The summed E-state index contributed by atoms with van der Waals surface area (Å²) in [6.45, 7) is 5.51. The zero-order valence-electron chi connectivity index (χ0n) is 16.5. The standard InChI is InChI=1S/C23H21N3O3/c1-23(2,3)19(26-21(28)15-10-4-5-11-16(15)22(26)29)20(27)25-17-12-6-8-14-9-7-13-24-18(14)17/h4-13,19H,1-3H3,(H,25,27)/t19-/m1/s1. The maximum absolute atomic E-state index is 13.3. The van der Waals surface area contributed by atoms with Crippen molar-refractivity contribution in [3.05, 3.63) is 71.9 Å². The number of benzene rings is 2. The molecule has 0 aliphatic carbocycles. The highest BCUT2D eigenvalue weighted by atomic mass is 16.2. The fraction of sp³-hybridized carbons (Fsp3) is 0.217. The third-order valence-electron chi connectivity index (χ3n) is 5.04. The molecule has 4 rings (SSSR count). The van der Waals surface area contributed by atoms with Crippen molar-refractivity contribution in [3.8, 4) is 0 Å². The van der Waals surface area contributed by atoms with Gasteiger partial charge in [-0.25, -0.2) is 0 Å². The number of rotatable bonds is 3. The Morgan fingerprint density at radius 1 is 0.931 bits per heavy atom. The summed E-state index contributed by atoms with van der Waals surface area (Å²) < 4.78 is 0. The van der Waals surface area contributed by atoms with Gasteiger partial charge in [0, 0.05) is 11.6 Å². The first-order chi connectivity index (χ1) is 13.8. The molecule has 2 heterocycles. The van der Waals surface area contributed by atoms with Gasteiger partial charge in [0.2, 0.25) is 5.91 Å². The third kappa shape index (κ3) is 3.16. The van der Waals surface area contributed by atoms with Crippen LogP contribution in [-0.4, -0.2) is 33.6 Å². The summed E-state index contributed by atoms with van der Waals surface area (Å²) in [5.41, 5.74) is 1.17. The summed E-state index contributed by atoms with van der Waals surface area (Å²) in [6.07, 6.45) is 1.66. The molecule has 3 aromatic rings. The van der Waals surface area contributed by atoms with E-state index in [1.54, 1.807) is 36.5 Å². The first-order valence-corrected chi connectivity index (χ1v) is 9.40. The molecular weight excluding hydrogens is 366 g/mol. The minimum atomic E-state index is -0.978. The number of nitrogens with zero attached hydrogens (tertiary/aromatic N) is 2. The Hall–Kier alpha value is -3.54. The van der Waals surface area contributed by atoms with Crippen molar-refractivity contribution < 1.29 is 14.4 Å². The van der Waals surface area contributed by atoms with Gasteiger partial charge in [0.05, 0.1) is 22.3 Å². The molecule has 0 radical (unpaired) electrons. The lowest BCUT2D eigenvalue weighted by atomic mass is 9.84. The summed E-state index contributed by atoms with van der Waals surface area (Å²) in [4.78, 5) is 44.7. The number of fused-ring (bicyclic) bond motifs is 2. The summed E-state index contributed by atoms with van der Waals surface area (Å²) in [7, 11) is 0. The summed E-state index contributed by atoms with van der Waals surface area (Å²) in [5.74, 6) is -1.32. The lowest BCUT2D eigenvalue weighted by Gasteiger charge is -2.35. The molecule has 0 bridgehead atoms. The van der Waals surface area contributed by atoms with Crippen molar-refractivity contribution in [2.24, 2.45) is 5.41 Å². The van der Waals surface area contributed by atoms with E-state index in [1.807, 2.05) is 45.0 Å². The van der Waals surface area contributed by atoms with E-state index in [-0.39, 0.29) is 0 Å². The van der Waals surface area contributed by atoms with Gasteiger partial charge in [-0.1, -0.05) is 51.1 Å². The van der Waals surface area contributed by atoms with Gasteiger partial charge in [0.15, 0.2) is 0 Å². The molecule has 0 saturated heterocycles. The molecule has 1 aliphatic heterocycles. The quantitative estimate of drug-likeness (QED) is 0.692. The zero-order chi connectivity index (χ0) is 20.8. The van der Waals surface area contributed by atoms with E-state index in [0.29, 0.717) is 22.3 Å². The van der Waals surface area contributed by atoms with Gasteiger partial charge in [-0.3, -0.25) is 24.3 Å². The Balaban J connectivity index is 1.72. The second-order valence-corrected chi connectivity index (χ2v) is 8.16. The molecule has 6 nitrogen and oxygen atoms in total. The Kier molecular flexibility index (Phi) is 4.42. The normalized spacial score (nSPS) is 14.8. The number of hydrogen-bond acceptors (Lipinski definition) is 4. The van der Waals surface area contributed by atoms with E-state index in [4.69, 9.17) is 0 Å². The Morgan fingerprint density at radius 3 is 2.17 bits per heavy atom. The van der Waals surface area contributed by atoms with Crippen LogP contribution in [0.5, 0.6) is 0 Å². The third-order valence-corrected chi connectivity index (χ3v) is 5.04. The predicted molar refractivity (Wildman–Crippen MR) is 111 cm³/mol. The van der Waals surface area contributed by atoms with Crippen LogP contribution in [0.3, 0.4) is 0 Å². The molecule has 2 aromatic carbocycles. The van der Waals surface area contributed by atoms with E-state index >= 15 is 0 Å². The number of amides is 3. The van der Waals surface area contributed by atoms with Crippen molar-refractivity contribution in [1.29, 1.82) is 0 Å². The number of pyridine rings is 1. The van der Waals surface area contributed by atoms with Crippen molar-refractivity contribution >= 4 is 34.3 Å². The number of anilines is 1.